The first-order valence-corrected chi connectivity index (χ1v) is 30.8. The second-order valence-corrected chi connectivity index (χ2v) is 22.6. The van der Waals surface area contributed by atoms with Gasteiger partial charge in [0.1, 0.15) is 0 Å². The molecule has 0 aliphatic carbocycles. The van der Waals surface area contributed by atoms with Crippen molar-refractivity contribution in [3.8, 4) is 0 Å². The highest BCUT2D eigenvalue weighted by Gasteiger charge is 2.18. The monoisotopic (exact) mass is 967 g/mol. The largest absolute Gasteiger partial charge is 0.399 e. The molecular formula is C69H110N2. The molecule has 0 aliphatic rings. The molecule has 0 spiro atoms. The fraction of sp³-hybridized carbons (Fsp3) is 0.652. The fourth-order valence-corrected chi connectivity index (χ4v) is 11.6. The van der Waals surface area contributed by atoms with Gasteiger partial charge in [-0.25, -0.2) is 0 Å². The lowest BCUT2D eigenvalue weighted by atomic mass is 9.84. The molecule has 0 saturated carbocycles. The van der Waals surface area contributed by atoms with E-state index in [-0.39, 0.29) is 0 Å². The molecule has 0 saturated heterocycles. The number of nitrogen functional groups attached to an aromatic ring is 2. The summed E-state index contributed by atoms with van der Waals surface area (Å²) in [4.78, 5) is 0. The number of anilines is 2. The van der Waals surface area contributed by atoms with Crippen LogP contribution in [0.15, 0.2) is 84.9 Å². The van der Waals surface area contributed by atoms with Crippen molar-refractivity contribution in [1.82, 2.24) is 0 Å². The Morgan fingerprint density at radius 3 is 0.817 bits per heavy atom. The van der Waals surface area contributed by atoms with Crippen LogP contribution in [0.25, 0.3) is 0 Å². The number of hydrogen-bond donors (Lipinski definition) is 2. The number of unbranched alkanes of at least 4 members (excludes halogenated alkanes) is 32. The van der Waals surface area contributed by atoms with Crippen LogP contribution in [0.5, 0.6) is 0 Å². The minimum Gasteiger partial charge on any atom is -0.399 e. The van der Waals surface area contributed by atoms with Gasteiger partial charge in [-0.05, 0) is 121 Å². The third kappa shape index (κ3) is 26.3. The Morgan fingerprint density at radius 1 is 0.296 bits per heavy atom. The van der Waals surface area contributed by atoms with Crippen LogP contribution in [0.1, 0.15) is 308 Å². The number of benzene rings is 4. The van der Waals surface area contributed by atoms with Crippen LogP contribution in [0.2, 0.25) is 0 Å². The van der Waals surface area contributed by atoms with E-state index in [2.05, 4.69) is 113 Å². The van der Waals surface area contributed by atoms with Crippen molar-refractivity contribution < 1.29 is 0 Å². The van der Waals surface area contributed by atoms with Gasteiger partial charge in [0.2, 0.25) is 0 Å². The molecule has 4 aromatic carbocycles. The molecule has 2 unspecified atom stereocenters. The van der Waals surface area contributed by atoms with Gasteiger partial charge in [-0.1, -0.05) is 286 Å². The van der Waals surface area contributed by atoms with E-state index < -0.39 is 0 Å². The molecule has 2 nitrogen and oxygen atoms in total. The van der Waals surface area contributed by atoms with Crippen molar-refractivity contribution in [2.75, 3.05) is 11.5 Å². The SMILES string of the molecule is CCCCCCCCCCCCC(c1ccc(CCCCCCCCCCCCCCCCCc2ccc(C(CCCCCCCCCCCC)c3ccc(N)cc3C)cc2)cc1)c1ccc(N)cc1C. The van der Waals surface area contributed by atoms with Gasteiger partial charge < -0.3 is 11.5 Å². The zero-order chi connectivity index (χ0) is 50.4. The molecule has 0 heterocycles. The topological polar surface area (TPSA) is 52.0 Å². The zero-order valence-electron chi connectivity index (χ0n) is 47.0. The van der Waals surface area contributed by atoms with E-state index >= 15 is 0 Å². The quantitative estimate of drug-likeness (QED) is 0.0343. The van der Waals surface area contributed by atoms with Crippen LogP contribution in [0.3, 0.4) is 0 Å². The Labute approximate surface area is 440 Å². The second kappa shape index (κ2) is 39.0. The summed E-state index contributed by atoms with van der Waals surface area (Å²) in [6, 6.07) is 32.6. The normalized spacial score (nSPS) is 12.5. The smallest absolute Gasteiger partial charge is 0.0316 e. The molecule has 396 valence electrons. The van der Waals surface area contributed by atoms with Gasteiger partial charge in [-0.3, -0.25) is 0 Å². The molecule has 0 bridgehead atoms. The molecule has 4 rings (SSSR count). The molecule has 0 radical (unpaired) electrons. The number of rotatable bonds is 44. The van der Waals surface area contributed by atoms with Crippen molar-refractivity contribution in [3.05, 3.63) is 129 Å². The molecule has 71 heavy (non-hydrogen) atoms. The van der Waals surface area contributed by atoms with E-state index in [1.807, 2.05) is 0 Å². The van der Waals surface area contributed by atoms with Crippen LogP contribution in [-0.4, -0.2) is 0 Å². The van der Waals surface area contributed by atoms with E-state index in [0.717, 1.165) is 11.4 Å². The van der Waals surface area contributed by atoms with Crippen molar-refractivity contribution in [1.29, 1.82) is 0 Å². The minimum atomic E-state index is 0.463. The van der Waals surface area contributed by atoms with Crippen LogP contribution in [0, 0.1) is 13.8 Å². The van der Waals surface area contributed by atoms with Crippen LogP contribution >= 0.6 is 0 Å². The van der Waals surface area contributed by atoms with E-state index in [1.165, 1.54) is 295 Å². The molecule has 0 fully saturated rings. The first kappa shape index (κ1) is 60.0. The second-order valence-electron chi connectivity index (χ2n) is 22.6. The summed E-state index contributed by atoms with van der Waals surface area (Å²) in [7, 11) is 0. The van der Waals surface area contributed by atoms with Gasteiger partial charge in [0.25, 0.3) is 0 Å². The summed E-state index contributed by atoms with van der Waals surface area (Å²) < 4.78 is 0. The summed E-state index contributed by atoms with van der Waals surface area (Å²) in [5.41, 5.74) is 25.7. The summed E-state index contributed by atoms with van der Waals surface area (Å²) in [5.74, 6) is 0.926. The van der Waals surface area contributed by atoms with E-state index in [4.69, 9.17) is 11.5 Å². The fourth-order valence-electron chi connectivity index (χ4n) is 11.6. The van der Waals surface area contributed by atoms with E-state index in [0.29, 0.717) is 11.8 Å². The number of nitrogens with two attached hydrogens (primary N) is 2. The summed E-state index contributed by atoms with van der Waals surface area (Å²) in [5, 5.41) is 0. The maximum atomic E-state index is 6.17. The van der Waals surface area contributed by atoms with Gasteiger partial charge in [-0.15, -0.1) is 0 Å². The molecule has 2 heteroatoms. The lowest BCUT2D eigenvalue weighted by molar-refractivity contribution is 0.530. The van der Waals surface area contributed by atoms with Gasteiger partial charge in [0.05, 0.1) is 0 Å². The Morgan fingerprint density at radius 2 is 0.549 bits per heavy atom. The van der Waals surface area contributed by atoms with Crippen molar-refractivity contribution in [2.45, 2.75) is 290 Å². The minimum absolute atomic E-state index is 0.463. The lowest BCUT2D eigenvalue weighted by Crippen LogP contribution is -2.05. The molecule has 0 aliphatic heterocycles. The predicted octanol–water partition coefficient (Wildman–Crippen LogP) is 22.0. The van der Waals surface area contributed by atoms with E-state index in [9.17, 15) is 0 Å². The Kier molecular flexibility index (Phi) is 33.0. The first-order chi connectivity index (χ1) is 34.9. The maximum Gasteiger partial charge on any atom is 0.0316 e. The van der Waals surface area contributed by atoms with Gasteiger partial charge in [0, 0.05) is 23.2 Å². The molecule has 4 N–H and O–H groups in total. The van der Waals surface area contributed by atoms with Crippen LogP contribution in [0.4, 0.5) is 11.4 Å². The Bertz CT molecular complexity index is 1740. The van der Waals surface area contributed by atoms with Gasteiger partial charge >= 0.3 is 0 Å². The van der Waals surface area contributed by atoms with Gasteiger partial charge in [-0.2, -0.15) is 0 Å². The van der Waals surface area contributed by atoms with Crippen LogP contribution in [-0.2, 0) is 12.8 Å². The zero-order valence-corrected chi connectivity index (χ0v) is 47.0. The average molecular weight is 968 g/mol. The maximum absolute atomic E-state index is 6.17. The Hall–Kier alpha value is -3.52. The molecule has 0 amide bonds. The molecule has 2 atom stereocenters. The first-order valence-electron chi connectivity index (χ1n) is 30.8. The molecule has 4 aromatic rings. The van der Waals surface area contributed by atoms with Crippen molar-refractivity contribution in [3.63, 3.8) is 0 Å². The molecule has 0 aromatic heterocycles. The highest BCUT2D eigenvalue weighted by Crippen LogP contribution is 2.35. The summed E-state index contributed by atoms with van der Waals surface area (Å²) in [6.07, 6.45) is 53.6. The third-order valence-corrected chi connectivity index (χ3v) is 16.2. The predicted molar refractivity (Wildman–Crippen MR) is 317 cm³/mol. The standard InChI is InChI=1S/C69H110N2/c1-5-7-9-11-13-15-26-30-34-38-42-68(66-54-52-64(70)56-58(66)3)62-48-44-60(45-49-62)40-36-32-28-24-22-20-18-17-19-21-23-25-29-33-37-41-61-46-50-63(51-47-61)69(67-55-53-65(71)57-59(67)4)43-39-35-31-27-16-14-12-10-8-6-2/h44-57,68-69H,5-43,70-71H2,1-4H3. The lowest BCUT2D eigenvalue weighted by Gasteiger charge is -2.21. The Balaban J connectivity index is 0.993. The third-order valence-electron chi connectivity index (χ3n) is 16.2. The highest BCUT2D eigenvalue weighted by molar-refractivity contribution is 5.49. The van der Waals surface area contributed by atoms with Crippen LogP contribution < -0.4 is 11.5 Å². The van der Waals surface area contributed by atoms with E-state index in [1.54, 1.807) is 0 Å². The van der Waals surface area contributed by atoms with Crippen molar-refractivity contribution in [2.24, 2.45) is 0 Å². The number of hydrogen-bond acceptors (Lipinski definition) is 2. The molecular weight excluding hydrogens is 857 g/mol. The summed E-state index contributed by atoms with van der Waals surface area (Å²) >= 11 is 0. The number of aryl methyl sites for hydroxylation is 4. The van der Waals surface area contributed by atoms with Gasteiger partial charge in [0.15, 0.2) is 0 Å². The average Bonchev–Trinajstić information content (AvgIpc) is 3.37. The van der Waals surface area contributed by atoms with Crippen molar-refractivity contribution >= 4 is 11.4 Å². The summed E-state index contributed by atoms with van der Waals surface area (Å²) in [6.45, 7) is 9.10. The highest BCUT2D eigenvalue weighted by atomic mass is 14.5.